The molecule has 0 aliphatic carbocycles. The third-order valence-corrected chi connectivity index (χ3v) is 20.9. The molecule has 0 rings (SSSR count). The molecule has 0 bridgehead atoms. The summed E-state index contributed by atoms with van der Waals surface area (Å²) in [6, 6.07) is 0. The number of rotatable bonds is 76. The van der Waals surface area contributed by atoms with Gasteiger partial charge >= 0.3 is 39.5 Å². The predicted molar refractivity (Wildman–Crippen MR) is 400 cm³/mol. The zero-order valence-electron chi connectivity index (χ0n) is 64.4. The second-order valence-corrected chi connectivity index (χ2v) is 32.8. The van der Waals surface area contributed by atoms with Crippen LogP contribution in [0.2, 0.25) is 0 Å². The maximum atomic E-state index is 13.1. The van der Waals surface area contributed by atoms with Crippen LogP contribution in [0.15, 0.2) is 0 Å². The van der Waals surface area contributed by atoms with E-state index in [0.717, 1.165) is 120 Å². The van der Waals surface area contributed by atoms with E-state index in [1.165, 1.54) is 199 Å². The molecule has 4 unspecified atom stereocenters. The minimum absolute atomic E-state index is 0.102. The largest absolute Gasteiger partial charge is 0.472 e. The molecule has 0 aliphatic heterocycles. The number of unbranched alkanes of at least 4 members (excludes halogenated alkanes) is 40. The maximum Gasteiger partial charge on any atom is 0.472 e. The van der Waals surface area contributed by atoms with Crippen LogP contribution >= 0.6 is 15.6 Å². The van der Waals surface area contributed by atoms with Crippen LogP contribution in [0, 0.1) is 23.7 Å². The lowest BCUT2D eigenvalue weighted by Gasteiger charge is -2.21. The number of aliphatic hydroxyl groups excluding tert-OH is 1. The van der Waals surface area contributed by atoms with Crippen molar-refractivity contribution in [3.05, 3.63) is 0 Å². The molecule has 0 amide bonds. The summed E-state index contributed by atoms with van der Waals surface area (Å²) in [4.78, 5) is 72.9. The normalized spacial score (nSPS) is 14.6. The first-order chi connectivity index (χ1) is 47.2. The molecule has 3 N–H and O–H groups in total. The second-order valence-electron chi connectivity index (χ2n) is 29.9. The summed E-state index contributed by atoms with van der Waals surface area (Å²) in [5, 5.41) is 10.6. The second kappa shape index (κ2) is 68.2. The molecule has 0 aromatic heterocycles. The molecule has 0 aromatic rings. The monoisotopic (exact) mass is 1440 g/mol. The van der Waals surface area contributed by atoms with Gasteiger partial charge in [0.05, 0.1) is 26.4 Å². The number of aliphatic hydroxyl groups is 1. The molecule has 0 saturated heterocycles. The van der Waals surface area contributed by atoms with Gasteiger partial charge in [-0.1, -0.05) is 351 Å². The van der Waals surface area contributed by atoms with Gasteiger partial charge in [-0.3, -0.25) is 37.3 Å². The van der Waals surface area contributed by atoms with E-state index in [1.54, 1.807) is 0 Å². The van der Waals surface area contributed by atoms with Crippen LogP contribution in [0.1, 0.15) is 402 Å². The molecule has 17 nitrogen and oxygen atoms in total. The summed E-state index contributed by atoms with van der Waals surface area (Å²) < 4.78 is 68.6. The van der Waals surface area contributed by atoms with E-state index in [0.29, 0.717) is 25.7 Å². The number of carbonyl (C=O) groups is 4. The average Bonchev–Trinajstić information content (AvgIpc) is 1.09. The average molecular weight is 1440 g/mol. The number of phosphoric ester groups is 2. The summed E-state index contributed by atoms with van der Waals surface area (Å²) in [5.74, 6) is 0.952. The fourth-order valence-electron chi connectivity index (χ4n) is 12.0. The minimum atomic E-state index is -4.96. The van der Waals surface area contributed by atoms with Crippen LogP contribution in [0.5, 0.6) is 0 Å². The van der Waals surface area contributed by atoms with Gasteiger partial charge in [0.25, 0.3) is 0 Å². The summed E-state index contributed by atoms with van der Waals surface area (Å²) in [5.41, 5.74) is 0. The minimum Gasteiger partial charge on any atom is -0.462 e. The highest BCUT2D eigenvalue weighted by molar-refractivity contribution is 7.47. The molecule has 7 atom stereocenters. The van der Waals surface area contributed by atoms with Crippen LogP contribution in [-0.2, 0) is 65.4 Å². The first-order valence-corrected chi connectivity index (χ1v) is 43.8. The topological polar surface area (TPSA) is 237 Å². The van der Waals surface area contributed by atoms with Crippen molar-refractivity contribution in [2.24, 2.45) is 23.7 Å². The number of esters is 4. The van der Waals surface area contributed by atoms with Gasteiger partial charge in [-0.2, -0.15) is 0 Å². The van der Waals surface area contributed by atoms with E-state index < -0.39 is 97.5 Å². The van der Waals surface area contributed by atoms with Gasteiger partial charge in [0.1, 0.15) is 19.3 Å². The van der Waals surface area contributed by atoms with Crippen LogP contribution < -0.4 is 0 Å². The molecule has 0 aliphatic rings. The molecular weight excluding hydrogens is 1280 g/mol. The molecule has 0 fully saturated rings. The highest BCUT2D eigenvalue weighted by Crippen LogP contribution is 2.45. The first-order valence-electron chi connectivity index (χ1n) is 40.8. The Bertz CT molecular complexity index is 1920. The molecular formula is C79H154O17P2. The number of phosphoric acid groups is 2. The van der Waals surface area contributed by atoms with Gasteiger partial charge in [-0.25, -0.2) is 9.13 Å². The molecule has 0 spiro atoms. The van der Waals surface area contributed by atoms with Crippen LogP contribution in [0.25, 0.3) is 0 Å². The molecule has 0 aromatic carbocycles. The summed E-state index contributed by atoms with van der Waals surface area (Å²) in [6.07, 6.45) is 54.3. The Morgan fingerprint density at radius 3 is 0.724 bits per heavy atom. The van der Waals surface area contributed by atoms with Crippen molar-refractivity contribution in [2.45, 2.75) is 420 Å². The van der Waals surface area contributed by atoms with Gasteiger partial charge in [0.15, 0.2) is 12.2 Å². The molecule has 582 valence electrons. The molecule has 98 heavy (non-hydrogen) atoms. The quantitative estimate of drug-likeness (QED) is 0.0222. The summed E-state index contributed by atoms with van der Waals surface area (Å²) in [6.45, 7) is 14.2. The van der Waals surface area contributed by atoms with E-state index in [9.17, 15) is 43.2 Å². The zero-order valence-corrected chi connectivity index (χ0v) is 66.2. The fourth-order valence-corrected chi connectivity index (χ4v) is 13.6. The molecule has 19 heteroatoms. The van der Waals surface area contributed by atoms with Crippen molar-refractivity contribution >= 4 is 39.5 Å². The summed E-state index contributed by atoms with van der Waals surface area (Å²) in [7, 11) is -9.92. The maximum absolute atomic E-state index is 13.1. The highest BCUT2D eigenvalue weighted by atomic mass is 31.2. The first kappa shape index (κ1) is 96.1. The Morgan fingerprint density at radius 2 is 0.490 bits per heavy atom. The number of hydrogen-bond acceptors (Lipinski definition) is 15. The van der Waals surface area contributed by atoms with Crippen LogP contribution in [0.4, 0.5) is 0 Å². The van der Waals surface area contributed by atoms with Crippen molar-refractivity contribution in [3.8, 4) is 0 Å². The third kappa shape index (κ3) is 69.8. The molecule has 0 heterocycles. The number of hydrogen-bond donors (Lipinski definition) is 3. The fraction of sp³-hybridized carbons (Fsp3) is 0.949. The van der Waals surface area contributed by atoms with Gasteiger partial charge in [0.2, 0.25) is 0 Å². The van der Waals surface area contributed by atoms with Crippen molar-refractivity contribution in [1.82, 2.24) is 0 Å². The smallest absolute Gasteiger partial charge is 0.462 e. The standard InChI is InChI=1S/C79H154O17P2/c1-9-71(7)57-49-41-35-37-44-52-60-77(82)90-66-75(96-79(84)62-54-46-38-36-42-50-58-72(8)10-2)68-94-98(87,88)92-64-73(80)63-91-97(85,86)93-67-74(95-78(83)61-53-45-34-30-26-22-18-14-12-16-20-24-28-32-40-48-56-70(5)6)65-89-76(81)59-51-43-33-29-25-21-17-13-11-15-19-23-27-31-39-47-55-69(3)4/h69-75,80H,9-68H2,1-8H3,(H,85,86)(H,87,88)/t71?,72?,73-,74-,75-/m1/s1. The van der Waals surface area contributed by atoms with E-state index in [1.807, 2.05) is 0 Å². The number of carbonyl (C=O) groups excluding carboxylic acids is 4. The zero-order chi connectivity index (χ0) is 72.4. The molecule has 0 saturated carbocycles. The lowest BCUT2D eigenvalue weighted by molar-refractivity contribution is -0.161. The third-order valence-electron chi connectivity index (χ3n) is 19.0. The van der Waals surface area contributed by atoms with Crippen molar-refractivity contribution < 1.29 is 80.2 Å². The van der Waals surface area contributed by atoms with Gasteiger partial charge in [0, 0.05) is 25.7 Å². The summed E-state index contributed by atoms with van der Waals surface area (Å²) >= 11 is 0. The highest BCUT2D eigenvalue weighted by Gasteiger charge is 2.30. The Morgan fingerprint density at radius 1 is 0.286 bits per heavy atom. The van der Waals surface area contributed by atoms with Gasteiger partial charge in [-0.15, -0.1) is 0 Å². The van der Waals surface area contributed by atoms with E-state index in [4.69, 9.17) is 37.0 Å². The lowest BCUT2D eigenvalue weighted by atomic mass is 10.00. The lowest BCUT2D eigenvalue weighted by Crippen LogP contribution is -2.30. The van der Waals surface area contributed by atoms with Crippen molar-refractivity contribution in [1.29, 1.82) is 0 Å². The van der Waals surface area contributed by atoms with E-state index in [-0.39, 0.29) is 25.7 Å². The van der Waals surface area contributed by atoms with Crippen LogP contribution in [-0.4, -0.2) is 96.7 Å². The SMILES string of the molecule is CCC(C)CCCCCCCCC(=O)OC[C@H](COP(=O)(O)OC[C@H](O)COP(=O)(O)OC[C@@H](COC(=O)CCCCCCCCCCCCCCCCCCC(C)C)OC(=O)CCCCCCCCCCCCCCCCCCC(C)C)OC(=O)CCCCCCCCC(C)CC. The Balaban J connectivity index is 5.21. The van der Waals surface area contributed by atoms with E-state index in [2.05, 4.69) is 55.4 Å². The van der Waals surface area contributed by atoms with Crippen molar-refractivity contribution in [2.75, 3.05) is 39.6 Å². The number of ether oxygens (including phenoxy) is 4. The van der Waals surface area contributed by atoms with Crippen molar-refractivity contribution in [3.63, 3.8) is 0 Å². The van der Waals surface area contributed by atoms with E-state index >= 15 is 0 Å². The van der Waals surface area contributed by atoms with Crippen LogP contribution in [0.3, 0.4) is 0 Å². The van der Waals surface area contributed by atoms with Gasteiger partial charge < -0.3 is 33.8 Å². The predicted octanol–water partition coefficient (Wildman–Crippen LogP) is 23.2. The van der Waals surface area contributed by atoms with Gasteiger partial charge in [-0.05, 0) is 49.4 Å². The molecule has 0 radical (unpaired) electrons. The Labute approximate surface area is 600 Å². The Kier molecular flexibility index (Phi) is 66.8. The Hall–Kier alpha value is -1.94.